The Labute approximate surface area is 271 Å². The molecule has 0 radical (unpaired) electrons. The number of aryl methyl sites for hydroxylation is 2. The number of benzene rings is 2. The van der Waals surface area contributed by atoms with Crippen LogP contribution in [0.2, 0.25) is 0 Å². The van der Waals surface area contributed by atoms with Gasteiger partial charge in [-0.3, -0.25) is 9.59 Å². The van der Waals surface area contributed by atoms with Gasteiger partial charge in [-0.2, -0.15) is 0 Å². The van der Waals surface area contributed by atoms with E-state index in [1.807, 2.05) is 13.8 Å². The van der Waals surface area contributed by atoms with Crippen molar-refractivity contribution in [3.05, 3.63) is 68.8 Å². The van der Waals surface area contributed by atoms with Crippen molar-refractivity contribution < 1.29 is 19.8 Å². The Kier molecular flexibility index (Phi) is 7.89. The largest absolute Gasteiger partial charge is 0.481 e. The Hall–Kier alpha value is -2.62. The zero-order valence-electron chi connectivity index (χ0n) is 29.1. The highest BCUT2D eigenvalue weighted by Crippen LogP contribution is 2.59. The van der Waals surface area contributed by atoms with Crippen LogP contribution in [0, 0.1) is 22.7 Å². The van der Waals surface area contributed by atoms with Crippen LogP contribution in [0.15, 0.2) is 24.3 Å². The van der Waals surface area contributed by atoms with Gasteiger partial charge in [0.2, 0.25) is 0 Å². The van der Waals surface area contributed by atoms with Crippen molar-refractivity contribution in [2.24, 2.45) is 22.7 Å². The molecular formula is C41H56O4. The van der Waals surface area contributed by atoms with E-state index in [4.69, 9.17) is 0 Å². The molecule has 2 N–H and O–H groups in total. The van der Waals surface area contributed by atoms with E-state index in [-0.39, 0.29) is 22.7 Å². The molecule has 0 saturated heterocycles. The Bertz CT molecular complexity index is 1420. The monoisotopic (exact) mass is 612 g/mol. The first-order chi connectivity index (χ1) is 21.1. The predicted molar refractivity (Wildman–Crippen MR) is 181 cm³/mol. The number of carboxylic acid groups (broad SMARTS) is 2. The summed E-state index contributed by atoms with van der Waals surface area (Å²) in [7, 11) is 0. The van der Waals surface area contributed by atoms with Gasteiger partial charge in [0.15, 0.2) is 0 Å². The minimum absolute atomic E-state index is 0.135. The summed E-state index contributed by atoms with van der Waals surface area (Å²) in [6, 6.07) is 9.96. The average molecular weight is 613 g/mol. The summed E-state index contributed by atoms with van der Waals surface area (Å²) >= 11 is 0. The summed E-state index contributed by atoms with van der Waals surface area (Å²) in [4.78, 5) is 25.3. The van der Waals surface area contributed by atoms with Crippen molar-refractivity contribution in [1.82, 2.24) is 0 Å². The van der Waals surface area contributed by atoms with Crippen LogP contribution in [0.1, 0.15) is 163 Å². The van der Waals surface area contributed by atoms with E-state index in [1.165, 1.54) is 44.5 Å². The first-order valence-electron chi connectivity index (χ1n) is 17.9. The molecule has 0 heterocycles. The molecule has 0 bridgehead atoms. The van der Waals surface area contributed by atoms with Crippen molar-refractivity contribution in [1.29, 1.82) is 0 Å². The highest BCUT2D eigenvalue weighted by atomic mass is 16.4. The van der Waals surface area contributed by atoms with Crippen molar-refractivity contribution in [3.8, 4) is 0 Å². The van der Waals surface area contributed by atoms with Crippen LogP contribution in [0.5, 0.6) is 0 Å². The second-order valence-electron chi connectivity index (χ2n) is 17.1. The minimum Gasteiger partial charge on any atom is -0.481 e. The Morgan fingerprint density at radius 2 is 1.04 bits per heavy atom. The standard InChI is InChI=1S/C41H56O4/c1-24(2)30-20-26-11-13-34-38(5,15-9-17-40(34,7)36(42)43)32(26)22-28(30)19-29-23-33-27(21-31(29)25(3)4)12-14-35-39(33,6)16-10-18-41(35,8)37(44)45/h20-25,34-35H,9-19H2,1-8H3,(H,42,43)(H,44,45). The third kappa shape index (κ3) is 4.82. The summed E-state index contributed by atoms with van der Waals surface area (Å²) in [5.74, 6) is -0.201. The molecular weight excluding hydrogens is 556 g/mol. The Balaban J connectivity index is 1.48. The molecule has 45 heavy (non-hydrogen) atoms. The van der Waals surface area contributed by atoms with Gasteiger partial charge in [-0.15, -0.1) is 0 Å². The zero-order chi connectivity index (χ0) is 32.7. The van der Waals surface area contributed by atoms with E-state index in [1.54, 1.807) is 0 Å². The molecule has 0 amide bonds. The SMILES string of the molecule is CC(C)c1cc2c(cc1Cc1cc3c(cc1C(C)C)CCC1C(C)(C(=O)O)CCCC31C)C1(C)CCCC(C)(C(=O)O)C1CC2. The van der Waals surface area contributed by atoms with Gasteiger partial charge < -0.3 is 10.2 Å². The highest BCUT2D eigenvalue weighted by Gasteiger charge is 2.56. The molecule has 2 fully saturated rings. The Morgan fingerprint density at radius 3 is 1.38 bits per heavy atom. The maximum atomic E-state index is 12.6. The molecule has 2 saturated carbocycles. The fourth-order valence-electron chi connectivity index (χ4n) is 11.3. The first kappa shape index (κ1) is 32.3. The van der Waals surface area contributed by atoms with Crippen LogP contribution in [-0.2, 0) is 39.7 Å². The van der Waals surface area contributed by atoms with Gasteiger partial charge in [0.25, 0.3) is 0 Å². The topological polar surface area (TPSA) is 74.6 Å². The van der Waals surface area contributed by atoms with Crippen LogP contribution >= 0.6 is 0 Å². The number of rotatable bonds is 6. The van der Waals surface area contributed by atoms with Crippen LogP contribution in [0.25, 0.3) is 0 Å². The third-order valence-electron chi connectivity index (χ3n) is 13.8. The van der Waals surface area contributed by atoms with Gasteiger partial charge in [-0.25, -0.2) is 0 Å². The normalized spacial score (nSPS) is 34.1. The van der Waals surface area contributed by atoms with E-state index in [0.29, 0.717) is 11.8 Å². The van der Waals surface area contributed by atoms with Crippen LogP contribution in [-0.4, -0.2) is 22.2 Å². The maximum absolute atomic E-state index is 12.6. The summed E-state index contributed by atoms with van der Waals surface area (Å²) in [6.07, 6.45) is 10.2. The molecule has 244 valence electrons. The minimum atomic E-state index is -0.679. The smallest absolute Gasteiger partial charge is 0.309 e. The predicted octanol–water partition coefficient (Wildman–Crippen LogP) is 9.71. The van der Waals surface area contributed by atoms with E-state index < -0.39 is 22.8 Å². The maximum Gasteiger partial charge on any atom is 0.309 e. The first-order valence-corrected chi connectivity index (χ1v) is 17.9. The molecule has 6 rings (SSSR count). The molecule has 6 unspecified atom stereocenters. The molecule has 4 aliphatic rings. The fraction of sp³-hybridized carbons (Fsp3) is 0.659. The number of fused-ring (bicyclic) bond motifs is 6. The number of aliphatic carboxylic acids is 2. The van der Waals surface area contributed by atoms with Crippen LogP contribution < -0.4 is 0 Å². The molecule has 4 heteroatoms. The van der Waals surface area contributed by atoms with Crippen molar-refractivity contribution >= 4 is 11.9 Å². The lowest BCUT2D eigenvalue weighted by molar-refractivity contribution is -0.158. The highest BCUT2D eigenvalue weighted by molar-refractivity contribution is 5.76. The molecule has 4 aliphatic carbocycles. The van der Waals surface area contributed by atoms with Crippen LogP contribution in [0.3, 0.4) is 0 Å². The summed E-state index contributed by atoms with van der Waals surface area (Å²) in [5, 5.41) is 20.8. The summed E-state index contributed by atoms with van der Waals surface area (Å²) in [6.45, 7) is 17.9. The van der Waals surface area contributed by atoms with E-state index in [9.17, 15) is 19.8 Å². The number of hydrogen-bond donors (Lipinski definition) is 2. The van der Waals surface area contributed by atoms with Gasteiger partial charge in [0, 0.05) is 0 Å². The molecule has 2 aromatic carbocycles. The van der Waals surface area contributed by atoms with Gasteiger partial charge in [-0.05, 0) is 151 Å². The molecule has 0 aromatic heterocycles. The van der Waals surface area contributed by atoms with Gasteiger partial charge in [0.1, 0.15) is 0 Å². The van der Waals surface area contributed by atoms with Crippen molar-refractivity contribution in [2.45, 2.75) is 149 Å². The van der Waals surface area contributed by atoms with Gasteiger partial charge >= 0.3 is 11.9 Å². The van der Waals surface area contributed by atoms with Crippen molar-refractivity contribution in [2.75, 3.05) is 0 Å². The summed E-state index contributed by atoms with van der Waals surface area (Å²) < 4.78 is 0. The molecule has 2 aromatic rings. The van der Waals surface area contributed by atoms with Crippen molar-refractivity contribution in [3.63, 3.8) is 0 Å². The third-order valence-corrected chi connectivity index (χ3v) is 13.8. The van der Waals surface area contributed by atoms with Crippen LogP contribution in [0.4, 0.5) is 0 Å². The molecule has 0 aliphatic heterocycles. The molecule has 4 nitrogen and oxygen atoms in total. The van der Waals surface area contributed by atoms with Gasteiger partial charge in [0.05, 0.1) is 10.8 Å². The lowest BCUT2D eigenvalue weighted by Crippen LogP contribution is -2.52. The molecule has 0 spiro atoms. The Morgan fingerprint density at radius 1 is 0.667 bits per heavy atom. The second-order valence-corrected chi connectivity index (χ2v) is 17.1. The molecule has 6 atom stereocenters. The van der Waals surface area contributed by atoms with E-state index >= 15 is 0 Å². The second kappa shape index (κ2) is 11.0. The average Bonchev–Trinajstić information content (AvgIpc) is 2.96. The number of carboxylic acids is 2. The fourth-order valence-corrected chi connectivity index (χ4v) is 11.3. The zero-order valence-corrected chi connectivity index (χ0v) is 29.1. The quantitative estimate of drug-likeness (QED) is 0.341. The number of carbonyl (C=O) groups is 2. The van der Waals surface area contributed by atoms with E-state index in [0.717, 1.165) is 70.6 Å². The lowest BCUT2D eigenvalue weighted by Gasteiger charge is -2.54. The van der Waals surface area contributed by atoms with E-state index in [2.05, 4.69) is 65.8 Å². The van der Waals surface area contributed by atoms with Gasteiger partial charge in [-0.1, -0.05) is 78.6 Å². The number of hydrogen-bond acceptors (Lipinski definition) is 2. The summed E-state index contributed by atoms with van der Waals surface area (Å²) in [5.41, 5.74) is 9.61. The lowest BCUT2D eigenvalue weighted by atomic mass is 9.49.